The normalized spacial score (nSPS) is 15.1. The molecule has 5 rings (SSSR count). The minimum atomic E-state index is -0.439. The molecule has 0 N–H and O–H groups in total. The summed E-state index contributed by atoms with van der Waals surface area (Å²) in [6, 6.07) is 14.9. The number of aryl methyl sites for hydroxylation is 1. The monoisotopic (exact) mass is 465 g/mol. The van der Waals surface area contributed by atoms with Gasteiger partial charge in [-0.05, 0) is 48.4 Å². The van der Waals surface area contributed by atoms with E-state index in [0.29, 0.717) is 28.8 Å². The predicted octanol–water partition coefficient (Wildman–Crippen LogP) is 5.13. The molecule has 1 aliphatic rings. The maximum Gasteiger partial charge on any atom is 0.285 e. The predicted molar refractivity (Wildman–Crippen MR) is 121 cm³/mol. The number of Topliss-reactive ketones (excluding diaryl/α,β-unsaturated/α-hetero) is 1. The van der Waals surface area contributed by atoms with E-state index in [1.165, 1.54) is 0 Å². The number of anilines is 1. The molecular weight excluding hydrogens is 449 g/mol. The Morgan fingerprint density at radius 3 is 2.78 bits per heavy atom. The van der Waals surface area contributed by atoms with Gasteiger partial charge in [-0.2, -0.15) is 5.10 Å². The Labute approximate surface area is 194 Å². The molecule has 160 valence electrons. The summed E-state index contributed by atoms with van der Waals surface area (Å²) in [5.41, 5.74) is 4.32. The van der Waals surface area contributed by atoms with E-state index in [-0.39, 0.29) is 17.6 Å². The van der Waals surface area contributed by atoms with Crippen molar-refractivity contribution in [3.8, 4) is 11.6 Å². The summed E-state index contributed by atoms with van der Waals surface area (Å²) in [4.78, 5) is 15.5. The van der Waals surface area contributed by atoms with Gasteiger partial charge in [0, 0.05) is 35.0 Å². The number of rotatable bonds is 5. The van der Waals surface area contributed by atoms with Crippen molar-refractivity contribution < 1.29 is 9.21 Å². The molecule has 0 aliphatic carbocycles. The number of hydrogen-bond donors (Lipinski definition) is 0. The first-order valence-electron chi connectivity index (χ1n) is 9.95. The van der Waals surface area contributed by atoms with Crippen LogP contribution in [0.1, 0.15) is 33.3 Å². The average Bonchev–Trinajstić information content (AvgIpc) is 3.41. The molecule has 2 aromatic heterocycles. The summed E-state index contributed by atoms with van der Waals surface area (Å²) < 4.78 is 5.65. The first kappa shape index (κ1) is 20.6. The lowest BCUT2D eigenvalue weighted by molar-refractivity contribution is 0.0931. The van der Waals surface area contributed by atoms with Gasteiger partial charge in [0.2, 0.25) is 5.78 Å². The molecule has 0 fully saturated rings. The molecule has 9 heteroatoms. The van der Waals surface area contributed by atoms with Gasteiger partial charge in [0.05, 0.1) is 5.92 Å². The molecule has 0 radical (unpaired) electrons. The molecule has 2 aromatic carbocycles. The minimum Gasteiger partial charge on any atom is -0.412 e. The minimum absolute atomic E-state index is 0.0468. The Kier molecular flexibility index (Phi) is 5.36. The molecule has 0 spiro atoms. The van der Waals surface area contributed by atoms with Crippen LogP contribution >= 0.6 is 23.2 Å². The van der Waals surface area contributed by atoms with Crippen molar-refractivity contribution in [1.29, 1.82) is 0 Å². The van der Waals surface area contributed by atoms with Gasteiger partial charge in [-0.15, -0.1) is 15.3 Å². The highest BCUT2D eigenvalue weighted by Gasteiger charge is 2.37. The fraction of sp³-hybridized carbons (Fsp3) is 0.174. The Morgan fingerprint density at radius 2 is 2.00 bits per heavy atom. The van der Waals surface area contributed by atoms with E-state index in [1.54, 1.807) is 24.4 Å². The average molecular weight is 466 g/mol. The molecule has 1 atom stereocenters. The van der Waals surface area contributed by atoms with E-state index in [9.17, 15) is 4.79 Å². The van der Waals surface area contributed by atoms with Gasteiger partial charge in [-0.25, -0.2) is 0 Å². The molecule has 1 aliphatic heterocycles. The van der Waals surface area contributed by atoms with E-state index in [4.69, 9.17) is 27.6 Å². The van der Waals surface area contributed by atoms with Crippen LogP contribution in [-0.2, 0) is 6.54 Å². The molecule has 32 heavy (non-hydrogen) atoms. The summed E-state index contributed by atoms with van der Waals surface area (Å²) in [5.74, 6) is -0.557. The lowest BCUT2D eigenvalue weighted by Gasteiger charge is -2.20. The van der Waals surface area contributed by atoms with Gasteiger partial charge in [-0.1, -0.05) is 47.0 Å². The summed E-state index contributed by atoms with van der Waals surface area (Å²) in [6.45, 7) is 3.02. The maximum absolute atomic E-state index is 13.4. The molecule has 3 heterocycles. The summed E-state index contributed by atoms with van der Waals surface area (Å²) in [6.07, 6.45) is 1.55. The SMILES string of the molecule is Cc1ccc2c(c1)C(C(=O)c1nnc(-c3cccnn3)o1)CN2Cc1ccc(Cl)cc1Cl. The highest BCUT2D eigenvalue weighted by atomic mass is 35.5. The standard InChI is InChI=1S/C23H17Cl2N5O2/c1-13-4-7-20-16(9-13)17(12-30(20)11-14-5-6-15(24)10-18(14)25)21(31)23-29-28-22(32-23)19-3-2-8-26-27-19/h2-10,17H,11-12H2,1H3. The second kappa shape index (κ2) is 8.33. The first-order valence-corrected chi connectivity index (χ1v) is 10.7. The van der Waals surface area contributed by atoms with E-state index in [1.807, 2.05) is 37.3 Å². The van der Waals surface area contributed by atoms with Crippen LogP contribution < -0.4 is 4.90 Å². The number of halogens is 2. The van der Waals surface area contributed by atoms with E-state index in [2.05, 4.69) is 25.3 Å². The second-order valence-electron chi connectivity index (χ2n) is 7.62. The number of benzene rings is 2. The zero-order valence-corrected chi connectivity index (χ0v) is 18.5. The number of ketones is 1. The third-order valence-electron chi connectivity index (χ3n) is 5.42. The van der Waals surface area contributed by atoms with Crippen molar-refractivity contribution in [2.75, 3.05) is 11.4 Å². The topological polar surface area (TPSA) is 85.0 Å². The Balaban J connectivity index is 1.45. The number of nitrogens with zero attached hydrogens (tertiary/aromatic N) is 5. The van der Waals surface area contributed by atoms with Gasteiger partial charge in [0.15, 0.2) is 0 Å². The van der Waals surface area contributed by atoms with Gasteiger partial charge < -0.3 is 9.32 Å². The fourth-order valence-electron chi connectivity index (χ4n) is 3.88. The number of carbonyl (C=O) groups excluding carboxylic acids is 1. The Bertz CT molecular complexity index is 1310. The summed E-state index contributed by atoms with van der Waals surface area (Å²) in [7, 11) is 0. The van der Waals surface area contributed by atoms with Crippen LogP contribution in [0.15, 0.2) is 59.1 Å². The van der Waals surface area contributed by atoms with Crippen LogP contribution in [0.4, 0.5) is 5.69 Å². The number of carbonyl (C=O) groups is 1. The first-order chi connectivity index (χ1) is 15.5. The van der Waals surface area contributed by atoms with Crippen molar-refractivity contribution in [1.82, 2.24) is 20.4 Å². The van der Waals surface area contributed by atoms with Gasteiger partial charge >= 0.3 is 0 Å². The molecule has 0 bridgehead atoms. The lowest BCUT2D eigenvalue weighted by Crippen LogP contribution is -2.24. The third-order valence-corrected chi connectivity index (χ3v) is 6.01. The van der Waals surface area contributed by atoms with Gasteiger partial charge in [0.25, 0.3) is 11.8 Å². The molecule has 7 nitrogen and oxygen atoms in total. The van der Waals surface area contributed by atoms with Crippen LogP contribution in [0.2, 0.25) is 10.0 Å². The van der Waals surface area contributed by atoms with Crippen LogP contribution in [0.5, 0.6) is 0 Å². The Morgan fingerprint density at radius 1 is 1.12 bits per heavy atom. The van der Waals surface area contributed by atoms with Crippen molar-refractivity contribution in [2.45, 2.75) is 19.4 Å². The van der Waals surface area contributed by atoms with Crippen LogP contribution in [0.25, 0.3) is 11.6 Å². The molecule has 0 amide bonds. The molecule has 0 saturated heterocycles. The van der Waals surface area contributed by atoms with Crippen molar-refractivity contribution in [3.63, 3.8) is 0 Å². The summed E-state index contributed by atoms with van der Waals surface area (Å²) in [5, 5.41) is 16.9. The molecule has 1 unspecified atom stereocenters. The van der Waals surface area contributed by atoms with Crippen molar-refractivity contribution in [3.05, 3.63) is 87.4 Å². The van der Waals surface area contributed by atoms with Gasteiger partial charge in [0.1, 0.15) is 5.69 Å². The molecule has 0 saturated carbocycles. The van der Waals surface area contributed by atoms with Crippen molar-refractivity contribution >= 4 is 34.7 Å². The highest BCUT2D eigenvalue weighted by Crippen LogP contribution is 2.40. The second-order valence-corrected chi connectivity index (χ2v) is 8.46. The van der Waals surface area contributed by atoms with Crippen LogP contribution in [-0.4, -0.2) is 32.7 Å². The van der Waals surface area contributed by atoms with E-state index in [0.717, 1.165) is 22.4 Å². The van der Waals surface area contributed by atoms with E-state index >= 15 is 0 Å². The quantitative estimate of drug-likeness (QED) is 0.377. The van der Waals surface area contributed by atoms with E-state index < -0.39 is 5.92 Å². The number of aromatic nitrogens is 4. The van der Waals surface area contributed by atoms with Crippen LogP contribution in [0.3, 0.4) is 0 Å². The lowest BCUT2D eigenvalue weighted by atomic mass is 9.95. The fourth-order valence-corrected chi connectivity index (χ4v) is 4.35. The van der Waals surface area contributed by atoms with Crippen LogP contribution in [0, 0.1) is 6.92 Å². The third kappa shape index (κ3) is 3.85. The maximum atomic E-state index is 13.4. The summed E-state index contributed by atoms with van der Waals surface area (Å²) >= 11 is 12.4. The number of fused-ring (bicyclic) bond motifs is 1. The highest BCUT2D eigenvalue weighted by molar-refractivity contribution is 6.35. The number of hydrogen-bond acceptors (Lipinski definition) is 7. The molecule has 4 aromatic rings. The smallest absolute Gasteiger partial charge is 0.285 e. The molecular formula is C23H17Cl2N5O2. The zero-order valence-electron chi connectivity index (χ0n) is 17.0. The Hall–Kier alpha value is -3.29. The van der Waals surface area contributed by atoms with Gasteiger partial charge in [-0.3, -0.25) is 4.79 Å². The zero-order chi connectivity index (χ0) is 22.2. The largest absolute Gasteiger partial charge is 0.412 e. The van der Waals surface area contributed by atoms with Crippen molar-refractivity contribution in [2.24, 2.45) is 0 Å².